The third-order valence-electron chi connectivity index (χ3n) is 4.04. The Morgan fingerprint density at radius 2 is 1.25 bits per heavy atom. The number of hydrogen-bond acceptors (Lipinski definition) is 6. The molecule has 1 aromatic heterocycles. The van der Waals surface area contributed by atoms with Crippen molar-refractivity contribution in [1.29, 1.82) is 26.3 Å². The Kier molecular flexibility index (Phi) is 6.21. The number of halogens is 6. The summed E-state index contributed by atoms with van der Waals surface area (Å²) >= 11 is 0. The van der Waals surface area contributed by atoms with Gasteiger partial charge in [0.05, 0.1) is 34.4 Å². The van der Waals surface area contributed by atoms with Crippen molar-refractivity contribution in [2.45, 2.75) is 12.4 Å². The average molecular weight is 442 g/mol. The van der Waals surface area contributed by atoms with Gasteiger partial charge in [-0.25, -0.2) is 0 Å². The molecule has 6 nitrogen and oxygen atoms in total. The first-order valence-corrected chi connectivity index (χ1v) is 8.00. The lowest BCUT2D eigenvalue weighted by Gasteiger charge is -2.15. The van der Waals surface area contributed by atoms with Crippen molar-refractivity contribution in [2.75, 3.05) is 0 Å². The Balaban J connectivity index is 3.21. The van der Waals surface area contributed by atoms with Crippen LogP contribution < -0.4 is 10.4 Å². The summed E-state index contributed by atoms with van der Waals surface area (Å²) in [4.78, 5) is 2.76. The minimum Gasteiger partial charge on any atom is -0.251 e. The average Bonchev–Trinajstić information content (AvgIpc) is 2.73. The molecule has 0 amide bonds. The van der Waals surface area contributed by atoms with Gasteiger partial charge in [-0.1, -0.05) is 0 Å². The zero-order valence-corrected chi connectivity index (χ0v) is 15.3. The molecule has 0 saturated carbocycles. The van der Waals surface area contributed by atoms with Gasteiger partial charge in [0.2, 0.25) is 0 Å². The van der Waals surface area contributed by atoms with Crippen LogP contribution in [0.1, 0.15) is 27.9 Å². The first-order chi connectivity index (χ1) is 14.9. The molecule has 0 atom stereocenters. The van der Waals surface area contributed by atoms with Crippen LogP contribution in [0.4, 0.5) is 26.3 Å². The molecule has 1 aromatic carbocycles. The maximum absolute atomic E-state index is 13.4. The van der Waals surface area contributed by atoms with Gasteiger partial charge in [-0.05, 0) is 18.2 Å². The summed E-state index contributed by atoms with van der Waals surface area (Å²) in [5.41, 5.74) is -7.17. The van der Waals surface area contributed by atoms with Gasteiger partial charge in [0.1, 0.15) is 29.5 Å². The SMILES string of the molecule is N#CC(C#N)=c1cc(C#N)/c(=C(\C#N)c2cc(C(F)(F)F)ncc2C(F)(F)F)cc1C#N. The lowest BCUT2D eigenvalue weighted by molar-refractivity contribution is -0.144. The molecule has 2 aromatic rings. The van der Waals surface area contributed by atoms with Gasteiger partial charge in [-0.15, -0.1) is 0 Å². The molecule has 0 radical (unpaired) electrons. The molecule has 0 aliphatic rings. The second-order valence-corrected chi connectivity index (χ2v) is 5.86. The zero-order valence-electron chi connectivity index (χ0n) is 15.3. The summed E-state index contributed by atoms with van der Waals surface area (Å²) < 4.78 is 79.5. The van der Waals surface area contributed by atoms with Gasteiger partial charge in [-0.2, -0.15) is 52.7 Å². The Morgan fingerprint density at radius 1 is 0.719 bits per heavy atom. The van der Waals surface area contributed by atoms with Crippen molar-refractivity contribution in [3.8, 4) is 30.3 Å². The van der Waals surface area contributed by atoms with E-state index in [0.29, 0.717) is 0 Å². The van der Waals surface area contributed by atoms with Crippen LogP contribution in [0.2, 0.25) is 0 Å². The molecule has 32 heavy (non-hydrogen) atoms. The Morgan fingerprint density at radius 3 is 1.69 bits per heavy atom. The lowest BCUT2D eigenvalue weighted by atomic mass is 9.94. The topological polar surface area (TPSA) is 132 Å². The van der Waals surface area contributed by atoms with Crippen LogP contribution in [-0.2, 0) is 12.4 Å². The number of rotatable bonds is 1. The molecule has 0 aliphatic carbocycles. The molecular weight excluding hydrogens is 438 g/mol. The molecule has 0 aliphatic heterocycles. The van der Waals surface area contributed by atoms with Crippen LogP contribution in [-0.4, -0.2) is 4.98 Å². The van der Waals surface area contributed by atoms with E-state index >= 15 is 0 Å². The van der Waals surface area contributed by atoms with Crippen molar-refractivity contribution in [1.82, 2.24) is 4.98 Å². The normalized spacial score (nSPS) is 11.8. The van der Waals surface area contributed by atoms with E-state index in [1.54, 1.807) is 12.1 Å². The van der Waals surface area contributed by atoms with Crippen molar-refractivity contribution >= 4 is 11.1 Å². The van der Waals surface area contributed by atoms with Gasteiger partial charge in [0.25, 0.3) is 0 Å². The van der Waals surface area contributed by atoms with Crippen LogP contribution in [0.25, 0.3) is 11.1 Å². The van der Waals surface area contributed by atoms with E-state index < -0.39 is 56.7 Å². The summed E-state index contributed by atoms with van der Waals surface area (Å²) in [6.45, 7) is 0. The number of alkyl halides is 6. The fourth-order valence-corrected chi connectivity index (χ4v) is 2.65. The van der Waals surface area contributed by atoms with E-state index in [1.165, 1.54) is 18.2 Å². The van der Waals surface area contributed by atoms with Crippen LogP contribution in [0.15, 0.2) is 24.4 Å². The lowest BCUT2D eigenvalue weighted by Crippen LogP contribution is -2.23. The van der Waals surface area contributed by atoms with E-state index in [-0.39, 0.29) is 17.5 Å². The maximum Gasteiger partial charge on any atom is 0.433 e. The van der Waals surface area contributed by atoms with Crippen molar-refractivity contribution in [3.63, 3.8) is 0 Å². The standard InChI is InChI=1S/C20H4F6N6/c21-19(22,23)17-9-32-18(20(24,25)26)3-15(17)16(8-31)14-2-10(4-27)13(1-11(14)5-28)12(6-29)7-30/h1-3,9H/b16-14+. The Hall–Kier alpha value is -4.86. The van der Waals surface area contributed by atoms with Crippen LogP contribution >= 0.6 is 0 Å². The second-order valence-electron chi connectivity index (χ2n) is 5.86. The summed E-state index contributed by atoms with van der Waals surface area (Å²) in [5, 5.41) is 45.3. The number of pyridine rings is 1. The van der Waals surface area contributed by atoms with E-state index in [1.807, 2.05) is 0 Å². The molecule has 0 fully saturated rings. The van der Waals surface area contributed by atoms with E-state index in [2.05, 4.69) is 4.98 Å². The molecule has 0 N–H and O–H groups in total. The summed E-state index contributed by atoms with van der Waals surface area (Å²) in [5.74, 6) is 0. The minimum absolute atomic E-state index is 0.0185. The second kappa shape index (κ2) is 8.48. The van der Waals surface area contributed by atoms with E-state index in [0.717, 1.165) is 12.1 Å². The first kappa shape index (κ1) is 23.4. The summed E-state index contributed by atoms with van der Waals surface area (Å²) in [7, 11) is 0. The van der Waals surface area contributed by atoms with Gasteiger partial charge in [0, 0.05) is 22.2 Å². The van der Waals surface area contributed by atoms with Gasteiger partial charge in [-0.3, -0.25) is 4.98 Å². The molecule has 12 heteroatoms. The fraction of sp³-hybridized carbons (Fsp3) is 0.100. The smallest absolute Gasteiger partial charge is 0.251 e. The van der Waals surface area contributed by atoms with Gasteiger partial charge in [0.15, 0.2) is 0 Å². The van der Waals surface area contributed by atoms with Crippen molar-refractivity contribution < 1.29 is 26.3 Å². The molecule has 0 bridgehead atoms. The van der Waals surface area contributed by atoms with E-state index in [9.17, 15) is 42.1 Å². The molecule has 2 rings (SSSR count). The Bertz CT molecular complexity index is 1430. The van der Waals surface area contributed by atoms with Crippen LogP contribution in [0, 0.1) is 56.7 Å². The molecular formula is C20H4F6N6. The van der Waals surface area contributed by atoms with Gasteiger partial charge >= 0.3 is 12.4 Å². The number of nitriles is 5. The van der Waals surface area contributed by atoms with Crippen LogP contribution in [0.5, 0.6) is 0 Å². The largest absolute Gasteiger partial charge is 0.433 e. The first-order valence-electron chi connectivity index (χ1n) is 8.00. The molecule has 1 heterocycles. The Labute approximate surface area is 175 Å². The predicted molar refractivity (Wildman–Crippen MR) is 92.1 cm³/mol. The number of benzene rings is 1. The molecule has 0 saturated heterocycles. The summed E-state index contributed by atoms with van der Waals surface area (Å²) in [6, 6.07) is 9.04. The zero-order chi connectivity index (χ0) is 24.3. The van der Waals surface area contributed by atoms with Crippen molar-refractivity contribution in [3.05, 3.63) is 62.8 Å². The monoisotopic (exact) mass is 442 g/mol. The predicted octanol–water partition coefficient (Wildman–Crippen LogP) is 2.78. The molecule has 0 unspecified atom stereocenters. The van der Waals surface area contributed by atoms with Crippen LogP contribution in [0.3, 0.4) is 0 Å². The molecule has 156 valence electrons. The summed E-state index contributed by atoms with van der Waals surface area (Å²) in [6.07, 6.45) is -10.4. The van der Waals surface area contributed by atoms with Gasteiger partial charge < -0.3 is 0 Å². The quantitative estimate of drug-likeness (QED) is 0.624. The highest BCUT2D eigenvalue weighted by Gasteiger charge is 2.39. The third-order valence-corrected chi connectivity index (χ3v) is 4.04. The highest BCUT2D eigenvalue weighted by Crippen LogP contribution is 2.37. The molecule has 0 spiro atoms. The maximum atomic E-state index is 13.4. The van der Waals surface area contributed by atoms with E-state index in [4.69, 9.17) is 10.5 Å². The minimum atomic E-state index is -5.21. The number of aromatic nitrogens is 1. The highest BCUT2D eigenvalue weighted by molar-refractivity contribution is 5.81. The third kappa shape index (κ3) is 4.33. The number of hydrogen-bond donors (Lipinski definition) is 0. The fourth-order valence-electron chi connectivity index (χ4n) is 2.65. The highest BCUT2D eigenvalue weighted by atomic mass is 19.4. The number of nitrogens with zero attached hydrogens (tertiary/aromatic N) is 6. The van der Waals surface area contributed by atoms with Crippen molar-refractivity contribution in [2.24, 2.45) is 0 Å².